The maximum absolute atomic E-state index is 12.7. The van der Waals surface area contributed by atoms with E-state index in [1.54, 1.807) is 48.5 Å². The van der Waals surface area contributed by atoms with Crippen LogP contribution in [0.25, 0.3) is 5.57 Å². The number of imide groups is 1. The number of carbonyl (C=O) groups excluding carboxylic acids is 2. The van der Waals surface area contributed by atoms with Crippen molar-refractivity contribution in [1.29, 1.82) is 0 Å². The predicted molar refractivity (Wildman–Crippen MR) is 93.8 cm³/mol. The standard InChI is InChI=1S/C18H14BrNO4/c1-2-24-14-9-3-11(4-10-14)15-16(21)18(23)20(17(15)22)13-7-5-12(19)6-8-13/h3-10,21H,2H2,1H3. The zero-order valence-corrected chi connectivity index (χ0v) is 14.4. The van der Waals surface area contributed by atoms with Crippen molar-refractivity contribution in [3.8, 4) is 5.75 Å². The van der Waals surface area contributed by atoms with Crippen molar-refractivity contribution in [1.82, 2.24) is 0 Å². The van der Waals surface area contributed by atoms with Crippen molar-refractivity contribution in [2.24, 2.45) is 0 Å². The van der Waals surface area contributed by atoms with Gasteiger partial charge in [0.25, 0.3) is 5.91 Å². The van der Waals surface area contributed by atoms with Gasteiger partial charge in [0, 0.05) is 4.47 Å². The third kappa shape index (κ3) is 2.80. The zero-order chi connectivity index (χ0) is 17.3. The van der Waals surface area contributed by atoms with Gasteiger partial charge in [0.05, 0.1) is 17.9 Å². The third-order valence-electron chi connectivity index (χ3n) is 3.60. The topological polar surface area (TPSA) is 66.8 Å². The van der Waals surface area contributed by atoms with Crippen LogP contribution < -0.4 is 9.64 Å². The highest BCUT2D eigenvalue weighted by molar-refractivity contribution is 9.10. The van der Waals surface area contributed by atoms with Gasteiger partial charge in [-0.25, -0.2) is 4.90 Å². The molecule has 0 radical (unpaired) electrons. The van der Waals surface area contributed by atoms with Crippen LogP contribution in [0.3, 0.4) is 0 Å². The summed E-state index contributed by atoms with van der Waals surface area (Å²) in [6, 6.07) is 13.4. The summed E-state index contributed by atoms with van der Waals surface area (Å²) < 4.78 is 6.18. The number of ether oxygens (including phenoxy) is 1. The van der Waals surface area contributed by atoms with E-state index in [1.165, 1.54) is 0 Å². The number of aliphatic hydroxyl groups is 1. The molecular weight excluding hydrogens is 374 g/mol. The molecule has 3 rings (SSSR count). The highest BCUT2D eigenvalue weighted by atomic mass is 79.9. The Morgan fingerprint density at radius 2 is 1.62 bits per heavy atom. The molecule has 1 aliphatic rings. The van der Waals surface area contributed by atoms with Crippen LogP contribution >= 0.6 is 15.9 Å². The lowest BCUT2D eigenvalue weighted by Crippen LogP contribution is -2.31. The molecule has 1 aliphatic heterocycles. The van der Waals surface area contributed by atoms with Crippen LogP contribution in [0, 0.1) is 0 Å². The van der Waals surface area contributed by atoms with E-state index in [-0.39, 0.29) is 5.57 Å². The van der Waals surface area contributed by atoms with Crippen molar-refractivity contribution < 1.29 is 19.4 Å². The zero-order valence-electron chi connectivity index (χ0n) is 12.8. The number of carbonyl (C=O) groups is 2. The van der Waals surface area contributed by atoms with Crippen molar-refractivity contribution >= 4 is 39.0 Å². The summed E-state index contributed by atoms with van der Waals surface area (Å²) in [5.74, 6) is -1.18. The van der Waals surface area contributed by atoms with E-state index < -0.39 is 17.6 Å². The molecule has 24 heavy (non-hydrogen) atoms. The molecule has 0 saturated heterocycles. The first kappa shape index (κ1) is 16.3. The fourth-order valence-corrected chi connectivity index (χ4v) is 2.75. The normalized spacial score (nSPS) is 14.5. The van der Waals surface area contributed by atoms with Gasteiger partial charge in [0.2, 0.25) is 0 Å². The molecule has 6 heteroatoms. The molecule has 5 nitrogen and oxygen atoms in total. The van der Waals surface area contributed by atoms with Gasteiger partial charge in [0.15, 0.2) is 5.76 Å². The van der Waals surface area contributed by atoms with E-state index in [2.05, 4.69) is 15.9 Å². The van der Waals surface area contributed by atoms with E-state index in [0.717, 1.165) is 9.37 Å². The second kappa shape index (κ2) is 6.49. The van der Waals surface area contributed by atoms with Gasteiger partial charge in [0.1, 0.15) is 5.75 Å². The molecule has 1 heterocycles. The molecule has 2 aromatic carbocycles. The number of anilines is 1. The Morgan fingerprint density at radius 3 is 2.21 bits per heavy atom. The van der Waals surface area contributed by atoms with Crippen LogP contribution in [0.4, 0.5) is 5.69 Å². The number of amides is 2. The molecule has 0 saturated carbocycles. The summed E-state index contributed by atoms with van der Waals surface area (Å²) in [5, 5.41) is 10.2. The molecule has 1 N–H and O–H groups in total. The maximum atomic E-state index is 12.7. The minimum atomic E-state index is -0.730. The molecular formula is C18H14BrNO4. The molecule has 0 unspecified atom stereocenters. The number of hydrogen-bond acceptors (Lipinski definition) is 4. The molecule has 0 atom stereocenters. The lowest BCUT2D eigenvalue weighted by atomic mass is 10.1. The SMILES string of the molecule is CCOc1ccc(C2=C(O)C(=O)N(c3ccc(Br)cc3)C2=O)cc1. The Morgan fingerprint density at radius 1 is 1.00 bits per heavy atom. The molecule has 2 amide bonds. The van der Waals surface area contributed by atoms with Crippen LogP contribution in [0.1, 0.15) is 12.5 Å². The molecule has 122 valence electrons. The minimum Gasteiger partial charge on any atom is -0.502 e. The number of aliphatic hydroxyl groups excluding tert-OH is 1. The highest BCUT2D eigenvalue weighted by Crippen LogP contribution is 2.33. The molecule has 0 spiro atoms. The molecule has 2 aromatic rings. The predicted octanol–water partition coefficient (Wildman–Crippen LogP) is 3.69. The van der Waals surface area contributed by atoms with Crippen LogP contribution in [-0.2, 0) is 9.59 Å². The van der Waals surface area contributed by atoms with E-state index >= 15 is 0 Å². The van der Waals surface area contributed by atoms with Gasteiger partial charge in [-0.1, -0.05) is 28.1 Å². The van der Waals surface area contributed by atoms with E-state index in [0.29, 0.717) is 23.6 Å². The molecule has 0 aromatic heterocycles. The summed E-state index contributed by atoms with van der Waals surface area (Å²) in [4.78, 5) is 25.9. The Bertz CT molecular complexity index is 825. The third-order valence-corrected chi connectivity index (χ3v) is 4.13. The van der Waals surface area contributed by atoms with Crippen LogP contribution in [0.15, 0.2) is 58.8 Å². The van der Waals surface area contributed by atoms with Gasteiger partial charge in [-0.3, -0.25) is 9.59 Å². The van der Waals surface area contributed by atoms with Crippen molar-refractivity contribution in [3.05, 3.63) is 64.3 Å². The second-order valence-electron chi connectivity index (χ2n) is 5.10. The van der Waals surface area contributed by atoms with Gasteiger partial charge < -0.3 is 9.84 Å². The molecule has 0 bridgehead atoms. The van der Waals surface area contributed by atoms with Crippen molar-refractivity contribution in [2.45, 2.75) is 6.92 Å². The molecule has 0 fully saturated rings. The van der Waals surface area contributed by atoms with Gasteiger partial charge in [-0.15, -0.1) is 0 Å². The van der Waals surface area contributed by atoms with Gasteiger partial charge in [-0.05, 0) is 48.9 Å². The number of benzene rings is 2. The lowest BCUT2D eigenvalue weighted by molar-refractivity contribution is -0.121. The Labute approximate surface area is 147 Å². The highest BCUT2D eigenvalue weighted by Gasteiger charge is 2.40. The van der Waals surface area contributed by atoms with E-state index in [1.807, 2.05) is 6.92 Å². The quantitative estimate of drug-likeness (QED) is 0.812. The fraction of sp³-hybridized carbons (Fsp3) is 0.111. The smallest absolute Gasteiger partial charge is 0.301 e. The number of hydrogen-bond donors (Lipinski definition) is 1. The van der Waals surface area contributed by atoms with E-state index in [9.17, 15) is 14.7 Å². The first-order valence-electron chi connectivity index (χ1n) is 7.33. The van der Waals surface area contributed by atoms with Crippen molar-refractivity contribution in [3.63, 3.8) is 0 Å². The van der Waals surface area contributed by atoms with Gasteiger partial charge in [-0.2, -0.15) is 0 Å². The molecule has 0 aliphatic carbocycles. The lowest BCUT2D eigenvalue weighted by Gasteiger charge is -2.14. The Hall–Kier alpha value is -2.60. The summed E-state index contributed by atoms with van der Waals surface area (Å²) in [7, 11) is 0. The summed E-state index contributed by atoms with van der Waals surface area (Å²) in [6.07, 6.45) is 0. The van der Waals surface area contributed by atoms with Crippen LogP contribution in [-0.4, -0.2) is 23.5 Å². The van der Waals surface area contributed by atoms with Crippen LogP contribution in [0.5, 0.6) is 5.75 Å². The summed E-state index contributed by atoms with van der Waals surface area (Å²) in [6.45, 7) is 2.40. The number of nitrogens with zero attached hydrogens (tertiary/aromatic N) is 1. The Kier molecular flexibility index (Phi) is 4.40. The summed E-state index contributed by atoms with van der Waals surface area (Å²) >= 11 is 3.30. The number of rotatable bonds is 4. The van der Waals surface area contributed by atoms with E-state index in [4.69, 9.17) is 4.74 Å². The maximum Gasteiger partial charge on any atom is 0.301 e. The average molecular weight is 388 g/mol. The minimum absolute atomic E-state index is 0.00836. The monoisotopic (exact) mass is 387 g/mol. The fourth-order valence-electron chi connectivity index (χ4n) is 2.49. The van der Waals surface area contributed by atoms with Crippen LogP contribution in [0.2, 0.25) is 0 Å². The Balaban J connectivity index is 1.95. The summed E-state index contributed by atoms with van der Waals surface area (Å²) in [5.41, 5.74) is 0.862. The van der Waals surface area contributed by atoms with Crippen molar-refractivity contribution in [2.75, 3.05) is 11.5 Å². The average Bonchev–Trinajstić information content (AvgIpc) is 2.80. The second-order valence-corrected chi connectivity index (χ2v) is 6.02. The largest absolute Gasteiger partial charge is 0.502 e. The first-order chi connectivity index (χ1) is 11.5. The first-order valence-corrected chi connectivity index (χ1v) is 8.13. The number of halogens is 1. The van der Waals surface area contributed by atoms with Gasteiger partial charge >= 0.3 is 5.91 Å².